The smallest absolute Gasteiger partial charge is 0.338 e. The molecule has 0 aromatic heterocycles. The Hall–Kier alpha value is -4.01. The van der Waals surface area contributed by atoms with Crippen LogP contribution in [0.3, 0.4) is 0 Å². The van der Waals surface area contributed by atoms with Gasteiger partial charge in [0.2, 0.25) is 11.8 Å². The maximum atomic E-state index is 12.9. The Morgan fingerprint density at radius 1 is 0.857 bits per heavy atom. The fourth-order valence-electron chi connectivity index (χ4n) is 5.63. The summed E-state index contributed by atoms with van der Waals surface area (Å²) < 4.78 is 9.69. The lowest BCUT2D eigenvalue weighted by atomic mass is 9.81. The monoisotopic (exact) mass is 476 g/mol. The van der Waals surface area contributed by atoms with E-state index in [1.54, 1.807) is 12.1 Å². The molecule has 1 aliphatic heterocycles. The molecule has 1 saturated heterocycles. The van der Waals surface area contributed by atoms with Crippen molar-refractivity contribution in [2.75, 3.05) is 23.9 Å². The molecule has 4 atom stereocenters. The minimum absolute atomic E-state index is 0.140. The number of fused-ring (bicyclic) bond motifs is 5. The quantitative estimate of drug-likeness (QED) is 0.503. The van der Waals surface area contributed by atoms with E-state index >= 15 is 0 Å². The summed E-state index contributed by atoms with van der Waals surface area (Å²) in [6, 6.07) is 12.1. The molecular weight excluding hydrogens is 452 g/mol. The number of methoxy groups -OCH3 is 1. The van der Waals surface area contributed by atoms with Crippen molar-refractivity contribution in [3.8, 4) is 0 Å². The highest BCUT2D eigenvalue weighted by Gasteiger charge is 2.61. The van der Waals surface area contributed by atoms with E-state index in [4.69, 9.17) is 4.74 Å². The molecular formula is C26H24N2O7. The van der Waals surface area contributed by atoms with E-state index in [1.807, 2.05) is 0 Å². The fraction of sp³-hybridized carbons (Fsp3) is 0.346. The average molecular weight is 476 g/mol. The number of amides is 3. The highest BCUT2D eigenvalue weighted by molar-refractivity contribution is 6.22. The summed E-state index contributed by atoms with van der Waals surface area (Å²) in [6.45, 7) is -0.505. The van der Waals surface area contributed by atoms with E-state index in [1.165, 1.54) is 48.4 Å². The van der Waals surface area contributed by atoms with Gasteiger partial charge in [-0.15, -0.1) is 0 Å². The molecule has 9 nitrogen and oxygen atoms in total. The Labute approximate surface area is 201 Å². The van der Waals surface area contributed by atoms with Crippen LogP contribution in [-0.4, -0.2) is 43.4 Å². The van der Waals surface area contributed by atoms with Crippen LogP contribution in [0.5, 0.6) is 0 Å². The number of hydrogen-bond acceptors (Lipinski definition) is 7. The predicted octanol–water partition coefficient (Wildman–Crippen LogP) is 2.80. The zero-order valence-corrected chi connectivity index (χ0v) is 19.1. The number of imide groups is 1. The number of hydrogen-bond donors (Lipinski definition) is 1. The van der Waals surface area contributed by atoms with Crippen molar-refractivity contribution < 1.29 is 33.4 Å². The molecule has 1 heterocycles. The second kappa shape index (κ2) is 8.98. The number of anilines is 2. The first-order chi connectivity index (χ1) is 16.9. The summed E-state index contributed by atoms with van der Waals surface area (Å²) >= 11 is 0. The largest absolute Gasteiger partial charge is 0.465 e. The maximum Gasteiger partial charge on any atom is 0.338 e. The SMILES string of the molecule is COC(=O)c1ccc(NC(=O)COC(=O)c2ccc(N3C(=O)[C@@H]4[C@H]5CC[C@@H](C5)[C@@H]4C3=O)cc2)cc1. The minimum Gasteiger partial charge on any atom is -0.465 e. The maximum absolute atomic E-state index is 12.9. The summed E-state index contributed by atoms with van der Waals surface area (Å²) in [5.41, 5.74) is 1.41. The van der Waals surface area contributed by atoms with Crippen LogP contribution in [0.2, 0.25) is 0 Å². The van der Waals surface area contributed by atoms with E-state index in [9.17, 15) is 24.0 Å². The van der Waals surface area contributed by atoms with Crippen LogP contribution in [0.25, 0.3) is 0 Å². The van der Waals surface area contributed by atoms with Gasteiger partial charge in [0.05, 0.1) is 35.8 Å². The topological polar surface area (TPSA) is 119 Å². The Kier molecular flexibility index (Phi) is 5.84. The molecule has 3 amide bonds. The van der Waals surface area contributed by atoms with Crippen molar-refractivity contribution in [2.24, 2.45) is 23.7 Å². The molecule has 35 heavy (non-hydrogen) atoms. The molecule has 3 aliphatic rings. The molecule has 3 fully saturated rings. The number of carbonyl (C=O) groups is 5. The van der Waals surface area contributed by atoms with Crippen molar-refractivity contribution >= 4 is 41.0 Å². The lowest BCUT2D eigenvalue weighted by Crippen LogP contribution is -2.32. The van der Waals surface area contributed by atoms with E-state index in [2.05, 4.69) is 10.1 Å². The summed E-state index contributed by atoms with van der Waals surface area (Å²) in [7, 11) is 1.28. The third-order valence-electron chi connectivity index (χ3n) is 7.21. The third kappa shape index (κ3) is 4.07. The Morgan fingerprint density at radius 3 is 1.97 bits per heavy atom. The average Bonchev–Trinajstić information content (AvgIpc) is 3.56. The second-order valence-electron chi connectivity index (χ2n) is 9.14. The van der Waals surface area contributed by atoms with Crippen LogP contribution in [-0.2, 0) is 23.9 Å². The summed E-state index contributed by atoms with van der Waals surface area (Å²) in [4.78, 5) is 63.1. The van der Waals surface area contributed by atoms with Gasteiger partial charge in [-0.1, -0.05) is 0 Å². The first-order valence-corrected chi connectivity index (χ1v) is 11.5. The molecule has 0 radical (unpaired) electrons. The summed E-state index contributed by atoms with van der Waals surface area (Å²) in [5, 5.41) is 2.57. The number of benzene rings is 2. The van der Waals surface area contributed by atoms with Gasteiger partial charge in [-0.05, 0) is 79.6 Å². The van der Waals surface area contributed by atoms with Gasteiger partial charge in [-0.25, -0.2) is 9.59 Å². The highest BCUT2D eigenvalue weighted by Crippen LogP contribution is 2.56. The summed E-state index contributed by atoms with van der Waals surface area (Å²) in [5.74, 6) is -1.83. The van der Waals surface area contributed by atoms with E-state index < -0.39 is 24.5 Å². The first-order valence-electron chi connectivity index (χ1n) is 11.5. The molecule has 2 aromatic rings. The summed E-state index contributed by atoms with van der Waals surface area (Å²) in [6.07, 6.45) is 2.99. The molecule has 0 spiro atoms. The van der Waals surface area contributed by atoms with Gasteiger partial charge in [0.15, 0.2) is 6.61 Å². The van der Waals surface area contributed by atoms with Crippen molar-refractivity contribution in [3.63, 3.8) is 0 Å². The minimum atomic E-state index is -0.707. The predicted molar refractivity (Wildman–Crippen MR) is 123 cm³/mol. The van der Waals surface area contributed by atoms with Gasteiger partial charge < -0.3 is 14.8 Å². The number of ether oxygens (including phenoxy) is 2. The fourth-order valence-corrected chi connectivity index (χ4v) is 5.63. The Bertz CT molecular complexity index is 1180. The van der Waals surface area contributed by atoms with Crippen molar-refractivity contribution in [1.82, 2.24) is 0 Å². The van der Waals surface area contributed by atoms with Crippen molar-refractivity contribution in [1.29, 1.82) is 0 Å². The van der Waals surface area contributed by atoms with Gasteiger partial charge >= 0.3 is 11.9 Å². The zero-order valence-electron chi connectivity index (χ0n) is 19.1. The number of esters is 2. The van der Waals surface area contributed by atoms with E-state index in [0.29, 0.717) is 28.8 Å². The number of rotatable bonds is 6. The second-order valence-corrected chi connectivity index (χ2v) is 9.14. The lowest BCUT2D eigenvalue weighted by Gasteiger charge is -2.19. The molecule has 1 N–H and O–H groups in total. The van der Waals surface area contributed by atoms with E-state index in [-0.39, 0.29) is 29.2 Å². The van der Waals surface area contributed by atoms with Crippen molar-refractivity contribution in [2.45, 2.75) is 19.3 Å². The zero-order chi connectivity index (χ0) is 24.7. The van der Waals surface area contributed by atoms with Gasteiger partial charge in [-0.2, -0.15) is 0 Å². The number of nitrogens with one attached hydrogen (secondary N) is 1. The number of nitrogens with zero attached hydrogens (tertiary/aromatic N) is 1. The molecule has 2 bridgehead atoms. The lowest BCUT2D eigenvalue weighted by molar-refractivity contribution is -0.123. The number of carbonyl (C=O) groups excluding carboxylic acids is 5. The van der Waals surface area contributed by atoms with Crippen LogP contribution in [0.4, 0.5) is 11.4 Å². The van der Waals surface area contributed by atoms with Gasteiger partial charge in [-0.3, -0.25) is 19.3 Å². The molecule has 5 rings (SSSR count). The van der Waals surface area contributed by atoms with Crippen LogP contribution in [0.1, 0.15) is 40.0 Å². The van der Waals surface area contributed by atoms with Crippen molar-refractivity contribution in [3.05, 3.63) is 59.7 Å². The normalized spacial score (nSPS) is 24.3. The standard InChI is InChI=1S/C26H24N2O7/c1-34-25(32)14-4-8-18(9-5-14)27-20(29)13-35-26(33)15-6-10-19(11-7-15)28-23(30)21-16-2-3-17(12-16)22(21)24(28)31/h4-11,16-17,21-22H,2-3,12-13H2,1H3,(H,27,29)/t16-,17-,21-,22+/m0/s1. The van der Waals surface area contributed by atoms with Crippen LogP contribution < -0.4 is 10.2 Å². The van der Waals surface area contributed by atoms with Crippen LogP contribution in [0, 0.1) is 23.7 Å². The van der Waals surface area contributed by atoms with E-state index in [0.717, 1.165) is 19.3 Å². The highest BCUT2D eigenvalue weighted by atomic mass is 16.5. The Morgan fingerprint density at radius 2 is 1.40 bits per heavy atom. The molecule has 180 valence electrons. The van der Waals surface area contributed by atoms with Crippen LogP contribution in [0.15, 0.2) is 48.5 Å². The molecule has 9 heteroatoms. The molecule has 2 aromatic carbocycles. The van der Waals surface area contributed by atoms with Gasteiger partial charge in [0, 0.05) is 5.69 Å². The molecule has 0 unspecified atom stereocenters. The first kappa shape index (κ1) is 22.8. The third-order valence-corrected chi connectivity index (χ3v) is 7.21. The van der Waals surface area contributed by atoms with Gasteiger partial charge in [0.25, 0.3) is 5.91 Å². The molecule has 2 aliphatic carbocycles. The molecule has 2 saturated carbocycles. The van der Waals surface area contributed by atoms with Crippen LogP contribution >= 0.6 is 0 Å². The van der Waals surface area contributed by atoms with Gasteiger partial charge in [0.1, 0.15) is 0 Å². The Balaban J connectivity index is 1.16.